The van der Waals surface area contributed by atoms with Crippen molar-refractivity contribution in [3.8, 4) is 33.8 Å². The van der Waals surface area contributed by atoms with E-state index in [-0.39, 0.29) is 20.1 Å². The quantitative estimate of drug-likeness (QED) is 0.128. The van der Waals surface area contributed by atoms with E-state index in [0.717, 1.165) is 33.0 Å². The van der Waals surface area contributed by atoms with Crippen molar-refractivity contribution >= 4 is 44.9 Å². The Bertz CT molecular complexity index is 2110. The number of aryl methyl sites for hydroxylation is 2. The average molecular weight is 826 g/mol. The van der Waals surface area contributed by atoms with Gasteiger partial charge in [-0.05, 0) is 69.7 Å². The van der Waals surface area contributed by atoms with E-state index in [1.54, 1.807) is 11.3 Å². The molecule has 0 aliphatic carbocycles. The van der Waals surface area contributed by atoms with E-state index in [2.05, 4.69) is 130 Å². The molecule has 7 rings (SSSR count). The van der Waals surface area contributed by atoms with Crippen LogP contribution in [0.25, 0.3) is 54.1 Å². The zero-order valence-electron chi connectivity index (χ0n) is 28.0. The number of aromatic nitrogens is 3. The first-order chi connectivity index (χ1) is 22.1. The molecule has 0 aliphatic heterocycles. The minimum absolute atomic E-state index is 0. The van der Waals surface area contributed by atoms with E-state index in [1.807, 2.05) is 42.7 Å². The molecule has 0 atom stereocenters. The molecule has 0 unspecified atom stereocenters. The Morgan fingerprint density at radius 3 is 2.15 bits per heavy atom. The Hall–Kier alpha value is -3.80. The van der Waals surface area contributed by atoms with Crippen molar-refractivity contribution in [2.24, 2.45) is 0 Å². The molecule has 0 aliphatic rings. The summed E-state index contributed by atoms with van der Waals surface area (Å²) in [6.45, 7) is 15.7. The second kappa shape index (κ2) is 14.5. The molecule has 0 saturated carbocycles. The molecular formula is C41H39IrN3SSi-2. The van der Waals surface area contributed by atoms with E-state index in [0.29, 0.717) is 5.92 Å². The second-order valence-electron chi connectivity index (χ2n) is 13.1. The number of nitrogens with zero attached hydrogens (tertiary/aromatic N) is 3. The zero-order chi connectivity index (χ0) is 32.4. The number of hydrogen-bond donors (Lipinski definition) is 0. The van der Waals surface area contributed by atoms with E-state index in [4.69, 9.17) is 4.98 Å². The minimum atomic E-state index is -1.23. The van der Waals surface area contributed by atoms with Crippen molar-refractivity contribution in [1.82, 2.24) is 15.0 Å². The molecule has 6 heteroatoms. The van der Waals surface area contributed by atoms with E-state index < -0.39 is 8.07 Å². The second-order valence-corrected chi connectivity index (χ2v) is 19.2. The van der Waals surface area contributed by atoms with Gasteiger partial charge >= 0.3 is 0 Å². The first-order valence-electron chi connectivity index (χ1n) is 15.8. The Morgan fingerprint density at radius 1 is 0.723 bits per heavy atom. The number of thiophene rings is 1. The normalized spacial score (nSPS) is 11.3. The predicted octanol–water partition coefficient (Wildman–Crippen LogP) is 10.8. The largest absolute Gasteiger partial charge is 0.305 e. The summed E-state index contributed by atoms with van der Waals surface area (Å²) in [4.78, 5) is 15.3. The number of benzene rings is 3. The molecule has 0 bridgehead atoms. The molecular weight excluding hydrogens is 787 g/mol. The van der Waals surface area contributed by atoms with Gasteiger partial charge in [0, 0.05) is 38.1 Å². The van der Waals surface area contributed by atoms with Gasteiger partial charge in [0.25, 0.3) is 0 Å². The Labute approximate surface area is 297 Å². The molecule has 1 radical (unpaired) electrons. The molecule has 47 heavy (non-hydrogen) atoms. The molecule has 0 fully saturated rings. The minimum Gasteiger partial charge on any atom is -0.305 e. The van der Waals surface area contributed by atoms with Gasteiger partial charge in [-0.2, -0.15) is 11.3 Å². The van der Waals surface area contributed by atoms with Crippen molar-refractivity contribution in [3.63, 3.8) is 0 Å². The van der Waals surface area contributed by atoms with Crippen molar-refractivity contribution in [1.29, 1.82) is 0 Å². The van der Waals surface area contributed by atoms with Gasteiger partial charge in [-0.3, -0.25) is 0 Å². The van der Waals surface area contributed by atoms with E-state index in [1.165, 1.54) is 42.9 Å². The van der Waals surface area contributed by atoms with Crippen LogP contribution in [0.4, 0.5) is 0 Å². The number of hydrogen-bond acceptors (Lipinski definition) is 4. The molecule has 4 aromatic heterocycles. The fraction of sp³-hybridized carbons (Fsp3) is 0.195. The van der Waals surface area contributed by atoms with Crippen LogP contribution < -0.4 is 5.19 Å². The van der Waals surface area contributed by atoms with Crippen LogP contribution in [0.1, 0.15) is 36.5 Å². The fourth-order valence-electron chi connectivity index (χ4n) is 5.66. The van der Waals surface area contributed by atoms with Crippen molar-refractivity contribution in [2.45, 2.75) is 53.3 Å². The molecule has 0 spiro atoms. The molecule has 0 N–H and O–H groups in total. The summed E-state index contributed by atoms with van der Waals surface area (Å²) in [5.41, 5.74) is 10.2. The first kappa shape index (κ1) is 34.5. The van der Waals surface area contributed by atoms with Crippen LogP contribution in [0.2, 0.25) is 19.6 Å². The fourth-order valence-corrected chi connectivity index (χ4v) is 7.88. The van der Waals surface area contributed by atoms with Crippen LogP contribution in [-0.4, -0.2) is 23.0 Å². The van der Waals surface area contributed by atoms with Gasteiger partial charge in [0.05, 0.1) is 13.8 Å². The Morgan fingerprint density at radius 2 is 1.49 bits per heavy atom. The molecule has 4 heterocycles. The van der Waals surface area contributed by atoms with Crippen molar-refractivity contribution in [2.75, 3.05) is 0 Å². The summed E-state index contributed by atoms with van der Waals surface area (Å²) >= 11 is 1.74. The van der Waals surface area contributed by atoms with Gasteiger partial charge < -0.3 is 9.97 Å². The third kappa shape index (κ3) is 7.52. The number of pyridine rings is 3. The molecule has 239 valence electrons. The third-order valence-electron chi connectivity index (χ3n) is 8.36. The van der Waals surface area contributed by atoms with Crippen LogP contribution in [0.3, 0.4) is 0 Å². The SMILES string of the molecule is C[Si](C)(C)c1ccc(-c2[c-]cccc2)nc1.Cc1cccc(C)c1-c1ccc2c(n1)sc1c(-c3cc(C(C)C)ccn3)[c-]ccc12.[Ir]. The summed E-state index contributed by atoms with van der Waals surface area (Å²) in [5.74, 6) is 0.468. The Kier molecular flexibility index (Phi) is 10.7. The summed E-state index contributed by atoms with van der Waals surface area (Å²) in [5, 5.41) is 3.81. The van der Waals surface area contributed by atoms with E-state index in [9.17, 15) is 0 Å². The van der Waals surface area contributed by atoms with Gasteiger partial charge in [0.15, 0.2) is 0 Å². The van der Waals surface area contributed by atoms with Gasteiger partial charge in [-0.1, -0.05) is 86.9 Å². The topological polar surface area (TPSA) is 38.7 Å². The first-order valence-corrected chi connectivity index (χ1v) is 20.1. The monoisotopic (exact) mass is 826 g/mol. The van der Waals surface area contributed by atoms with Crippen LogP contribution in [-0.2, 0) is 20.1 Å². The maximum atomic E-state index is 5.07. The average Bonchev–Trinajstić information content (AvgIpc) is 3.43. The molecule has 7 aromatic rings. The third-order valence-corrected chi connectivity index (χ3v) is 11.5. The molecule has 0 amide bonds. The summed E-state index contributed by atoms with van der Waals surface area (Å²) in [6.07, 6.45) is 3.92. The summed E-state index contributed by atoms with van der Waals surface area (Å²) < 4.78 is 1.20. The van der Waals surface area contributed by atoms with Crippen molar-refractivity contribution < 1.29 is 20.1 Å². The van der Waals surface area contributed by atoms with Crippen LogP contribution in [0, 0.1) is 26.0 Å². The van der Waals surface area contributed by atoms with E-state index >= 15 is 0 Å². The number of fused-ring (bicyclic) bond motifs is 3. The standard InChI is InChI=1S/C27H23N2S.C14H16NSi.Ir/c1-16(2)19-13-14-28-24(15-19)22-10-6-9-20-21-11-12-23(29-27(21)30-26(20)22)25-17(3)7-5-8-18(25)4;1-16(2,3)13-9-10-14(15-11-13)12-7-5-4-6-8-12;/h5-9,11-16H,1-4H3;4-7,9-11H,1-3H3;/q2*-1;. The van der Waals surface area contributed by atoms with Gasteiger partial charge in [0.2, 0.25) is 0 Å². The Balaban J connectivity index is 0.000000217. The maximum absolute atomic E-state index is 5.07. The van der Waals surface area contributed by atoms with Gasteiger partial charge in [-0.25, -0.2) is 4.98 Å². The summed E-state index contributed by atoms with van der Waals surface area (Å²) in [6, 6.07) is 38.1. The molecule has 3 nitrogen and oxygen atoms in total. The number of rotatable bonds is 5. The van der Waals surface area contributed by atoms with Crippen LogP contribution in [0.15, 0.2) is 103 Å². The molecule has 3 aromatic carbocycles. The van der Waals surface area contributed by atoms with Crippen LogP contribution >= 0.6 is 11.3 Å². The summed E-state index contributed by atoms with van der Waals surface area (Å²) in [7, 11) is -1.23. The van der Waals surface area contributed by atoms with Gasteiger partial charge in [-0.15, -0.1) is 59.7 Å². The van der Waals surface area contributed by atoms with Gasteiger partial charge in [0.1, 0.15) is 4.83 Å². The van der Waals surface area contributed by atoms with Crippen molar-refractivity contribution in [3.05, 3.63) is 132 Å². The maximum Gasteiger partial charge on any atom is 0.114 e. The smallest absolute Gasteiger partial charge is 0.114 e. The molecule has 0 saturated heterocycles. The zero-order valence-corrected chi connectivity index (χ0v) is 32.2. The van der Waals surface area contributed by atoms with Crippen LogP contribution in [0.5, 0.6) is 0 Å². The predicted molar refractivity (Wildman–Crippen MR) is 200 cm³/mol.